The Kier molecular flexibility index (Phi) is 5.09. The summed E-state index contributed by atoms with van der Waals surface area (Å²) in [4.78, 5) is 2.40. The average Bonchev–Trinajstić information content (AvgIpc) is 3.10. The summed E-state index contributed by atoms with van der Waals surface area (Å²) in [6, 6.07) is 18.1. The van der Waals surface area contributed by atoms with Crippen molar-refractivity contribution in [2.75, 3.05) is 19.6 Å². The largest absolute Gasteiger partial charge is 0.299 e. The highest BCUT2D eigenvalue weighted by Gasteiger charge is 2.18. The van der Waals surface area contributed by atoms with Gasteiger partial charge >= 0.3 is 0 Å². The first-order valence-electron chi connectivity index (χ1n) is 8.89. The molecule has 6 heteroatoms. The van der Waals surface area contributed by atoms with Crippen molar-refractivity contribution in [3.63, 3.8) is 0 Å². The molecule has 1 aliphatic rings. The third kappa shape index (κ3) is 3.83. The van der Waals surface area contributed by atoms with Gasteiger partial charge in [-0.1, -0.05) is 42.5 Å². The van der Waals surface area contributed by atoms with E-state index in [9.17, 15) is 8.42 Å². The van der Waals surface area contributed by atoms with Gasteiger partial charge in [0, 0.05) is 24.3 Å². The van der Waals surface area contributed by atoms with Crippen LogP contribution in [0, 0.1) is 0 Å². The molecular formula is C20H22N2O2S2. The van der Waals surface area contributed by atoms with Gasteiger partial charge in [0.05, 0.1) is 0 Å². The third-order valence-electron chi connectivity index (χ3n) is 4.82. The number of nitrogens with one attached hydrogen (secondary N) is 1. The molecule has 0 bridgehead atoms. The zero-order chi connectivity index (χ0) is 18.0. The van der Waals surface area contributed by atoms with Crippen LogP contribution >= 0.6 is 11.3 Å². The Morgan fingerprint density at radius 3 is 2.65 bits per heavy atom. The lowest BCUT2D eigenvalue weighted by Gasteiger charge is -2.28. The Morgan fingerprint density at radius 2 is 1.81 bits per heavy atom. The van der Waals surface area contributed by atoms with E-state index in [0.29, 0.717) is 10.8 Å². The molecule has 3 aromatic rings. The zero-order valence-electron chi connectivity index (χ0n) is 14.5. The molecule has 0 aliphatic carbocycles. The highest BCUT2D eigenvalue weighted by Crippen LogP contribution is 2.28. The third-order valence-corrected chi connectivity index (χ3v) is 7.87. The van der Waals surface area contributed by atoms with Crippen LogP contribution in [0.15, 0.2) is 58.8 Å². The number of sulfonamides is 1. The van der Waals surface area contributed by atoms with E-state index in [0.717, 1.165) is 42.6 Å². The maximum absolute atomic E-state index is 12.5. The molecule has 0 spiro atoms. The number of benzene rings is 2. The predicted molar refractivity (Wildman–Crippen MR) is 107 cm³/mol. The van der Waals surface area contributed by atoms with E-state index < -0.39 is 10.0 Å². The number of nitrogens with zero attached hydrogens (tertiary/aromatic N) is 1. The van der Waals surface area contributed by atoms with Crippen molar-refractivity contribution >= 4 is 31.4 Å². The fraction of sp³-hybridized carbons (Fsp3) is 0.300. The van der Waals surface area contributed by atoms with Crippen molar-refractivity contribution in [1.82, 2.24) is 9.62 Å². The second-order valence-corrected chi connectivity index (χ2v) is 9.73. The first-order chi connectivity index (χ1) is 12.6. The van der Waals surface area contributed by atoms with Crippen LogP contribution in [-0.4, -0.2) is 33.0 Å². The maximum atomic E-state index is 12.5. The van der Waals surface area contributed by atoms with Gasteiger partial charge in [0.1, 0.15) is 4.21 Å². The van der Waals surface area contributed by atoms with Crippen molar-refractivity contribution in [1.29, 1.82) is 0 Å². The smallest absolute Gasteiger partial charge is 0.250 e. The number of rotatable bonds is 6. The molecule has 4 rings (SSSR count). The van der Waals surface area contributed by atoms with Gasteiger partial charge in [0.15, 0.2) is 0 Å². The maximum Gasteiger partial charge on any atom is 0.250 e. The monoisotopic (exact) mass is 386 g/mol. The first kappa shape index (κ1) is 17.7. The summed E-state index contributed by atoms with van der Waals surface area (Å²) in [5, 5.41) is 0.977. The van der Waals surface area contributed by atoms with Gasteiger partial charge < -0.3 is 0 Å². The van der Waals surface area contributed by atoms with Crippen LogP contribution in [0.2, 0.25) is 0 Å². The molecule has 4 nitrogen and oxygen atoms in total. The van der Waals surface area contributed by atoms with Crippen molar-refractivity contribution in [2.45, 2.75) is 23.6 Å². The molecule has 0 radical (unpaired) electrons. The van der Waals surface area contributed by atoms with Gasteiger partial charge in [0.2, 0.25) is 10.0 Å². The van der Waals surface area contributed by atoms with Gasteiger partial charge in [0.25, 0.3) is 0 Å². The summed E-state index contributed by atoms with van der Waals surface area (Å²) < 4.78 is 29.1. The first-order valence-corrected chi connectivity index (χ1v) is 11.2. The topological polar surface area (TPSA) is 49.4 Å². The fourth-order valence-electron chi connectivity index (χ4n) is 3.42. The minimum absolute atomic E-state index is 0.394. The summed E-state index contributed by atoms with van der Waals surface area (Å²) in [7, 11) is -3.42. The highest BCUT2D eigenvalue weighted by atomic mass is 32.2. The summed E-state index contributed by atoms with van der Waals surface area (Å²) in [5.74, 6) is 0. The van der Waals surface area contributed by atoms with Crippen LogP contribution in [0.5, 0.6) is 0 Å². The quantitative estimate of drug-likeness (QED) is 0.658. The standard InChI is InChI=1S/C20H22N2O2S2/c23-26(24,20-14-17-7-3-4-9-19(17)25-20)21-11-5-12-22-13-10-16-6-1-2-8-18(16)15-22/h1-4,6-9,14,21H,5,10-13,15H2. The molecule has 0 amide bonds. The van der Waals surface area contributed by atoms with Gasteiger partial charge in [-0.3, -0.25) is 4.90 Å². The molecule has 26 heavy (non-hydrogen) atoms. The second-order valence-electron chi connectivity index (χ2n) is 6.65. The number of hydrogen-bond acceptors (Lipinski definition) is 4. The molecule has 2 aromatic carbocycles. The van der Waals surface area contributed by atoms with Gasteiger partial charge in [-0.15, -0.1) is 11.3 Å². The van der Waals surface area contributed by atoms with E-state index in [4.69, 9.17) is 0 Å². The normalized spacial score (nSPS) is 15.2. The number of thiophene rings is 1. The molecule has 1 aliphatic heterocycles. The Bertz CT molecular complexity index is 978. The molecule has 1 N–H and O–H groups in total. The summed E-state index contributed by atoms with van der Waals surface area (Å²) in [5.41, 5.74) is 2.83. The van der Waals surface area contributed by atoms with Crippen molar-refractivity contribution in [2.24, 2.45) is 0 Å². The lowest BCUT2D eigenvalue weighted by Crippen LogP contribution is -2.33. The van der Waals surface area contributed by atoms with E-state index >= 15 is 0 Å². The minimum atomic E-state index is -3.42. The van der Waals surface area contributed by atoms with Crippen LogP contribution < -0.4 is 4.72 Å². The summed E-state index contributed by atoms with van der Waals surface area (Å²) >= 11 is 1.32. The molecular weight excluding hydrogens is 364 g/mol. The summed E-state index contributed by atoms with van der Waals surface area (Å²) in [6.45, 7) is 3.37. The SMILES string of the molecule is O=S(=O)(NCCCN1CCc2ccccc2C1)c1cc2ccccc2s1. The van der Waals surface area contributed by atoms with Crippen LogP contribution in [-0.2, 0) is 23.0 Å². The lowest BCUT2D eigenvalue weighted by atomic mass is 10.00. The van der Waals surface area contributed by atoms with Crippen molar-refractivity contribution in [3.05, 3.63) is 65.7 Å². The van der Waals surface area contributed by atoms with E-state index in [2.05, 4.69) is 33.9 Å². The van der Waals surface area contributed by atoms with Crippen molar-refractivity contribution < 1.29 is 8.42 Å². The highest BCUT2D eigenvalue weighted by molar-refractivity contribution is 7.91. The average molecular weight is 387 g/mol. The Morgan fingerprint density at radius 1 is 1.04 bits per heavy atom. The molecule has 0 atom stereocenters. The summed E-state index contributed by atoms with van der Waals surface area (Å²) in [6.07, 6.45) is 1.88. The minimum Gasteiger partial charge on any atom is -0.299 e. The molecule has 136 valence electrons. The van der Waals surface area contributed by atoms with Gasteiger partial charge in [-0.05, 0) is 48.0 Å². The van der Waals surface area contributed by atoms with E-state index in [1.807, 2.05) is 24.3 Å². The number of fused-ring (bicyclic) bond motifs is 2. The van der Waals surface area contributed by atoms with E-state index in [1.54, 1.807) is 6.07 Å². The molecule has 0 saturated carbocycles. The van der Waals surface area contributed by atoms with Crippen molar-refractivity contribution in [3.8, 4) is 0 Å². The molecule has 1 aromatic heterocycles. The Hall–Kier alpha value is -1.73. The van der Waals surface area contributed by atoms with Crippen LogP contribution in [0.4, 0.5) is 0 Å². The number of hydrogen-bond donors (Lipinski definition) is 1. The van der Waals surface area contributed by atoms with Crippen LogP contribution in [0.3, 0.4) is 0 Å². The van der Waals surface area contributed by atoms with Gasteiger partial charge in [-0.2, -0.15) is 0 Å². The molecule has 0 saturated heterocycles. The molecule has 2 heterocycles. The lowest BCUT2D eigenvalue weighted by molar-refractivity contribution is 0.251. The Labute approximate surface area is 158 Å². The van der Waals surface area contributed by atoms with Gasteiger partial charge in [-0.25, -0.2) is 13.1 Å². The molecule has 0 fully saturated rings. The van der Waals surface area contributed by atoms with Crippen LogP contribution in [0.1, 0.15) is 17.5 Å². The van der Waals surface area contributed by atoms with E-state index in [1.165, 1.54) is 22.5 Å². The van der Waals surface area contributed by atoms with E-state index in [-0.39, 0.29) is 0 Å². The predicted octanol–water partition coefficient (Wildman–Crippen LogP) is 3.63. The fourth-order valence-corrected chi connectivity index (χ4v) is 5.93. The Balaban J connectivity index is 1.30. The second kappa shape index (κ2) is 7.48. The van der Waals surface area contributed by atoms with Crippen LogP contribution in [0.25, 0.3) is 10.1 Å². The zero-order valence-corrected chi connectivity index (χ0v) is 16.2. The molecule has 0 unspecified atom stereocenters.